The summed E-state index contributed by atoms with van der Waals surface area (Å²) in [4.78, 5) is 18.8. The fourth-order valence-corrected chi connectivity index (χ4v) is 4.33. The highest BCUT2D eigenvalue weighted by atomic mass is 32.2. The van der Waals surface area contributed by atoms with Crippen LogP contribution in [0.3, 0.4) is 0 Å². The zero-order valence-corrected chi connectivity index (χ0v) is 16.8. The number of hydrogen-bond donors (Lipinski definition) is 1. The van der Waals surface area contributed by atoms with Crippen LogP contribution in [0, 0.1) is 6.92 Å². The number of carbonyl (C=O) groups excluding carboxylic acids is 1. The predicted molar refractivity (Wildman–Crippen MR) is 112 cm³/mol. The number of fused-ring (bicyclic) bond motifs is 1. The quantitative estimate of drug-likeness (QED) is 0.653. The third kappa shape index (κ3) is 3.44. The summed E-state index contributed by atoms with van der Waals surface area (Å²) >= 11 is 1.55. The number of nitrogens with zero attached hydrogens (tertiary/aromatic N) is 1. The molecule has 1 aromatic heterocycles. The van der Waals surface area contributed by atoms with Crippen LogP contribution in [0.25, 0.3) is 0 Å². The third-order valence-electron chi connectivity index (χ3n) is 5.36. The van der Waals surface area contributed by atoms with E-state index in [0.717, 1.165) is 39.8 Å². The molecule has 1 fully saturated rings. The smallest absolute Gasteiger partial charge is 0.235 e. The molecule has 0 spiro atoms. The van der Waals surface area contributed by atoms with E-state index in [1.165, 1.54) is 5.56 Å². The summed E-state index contributed by atoms with van der Waals surface area (Å²) < 4.78 is 10.9. The molecule has 5 rings (SSSR count). The summed E-state index contributed by atoms with van der Waals surface area (Å²) in [6, 6.07) is 17.8. The standard InChI is InChI=1S/C23H20N2O3S/c1-15-4-7-17(8-5-15)29-21-18(3-2-12-24-21)25-22(26)23(10-11-23)16-6-9-19-20(13-16)28-14-27-19/h2-9,12-13H,10-11,14H2,1H3,(H,25,26). The van der Waals surface area contributed by atoms with Crippen LogP contribution in [0.5, 0.6) is 11.5 Å². The lowest BCUT2D eigenvalue weighted by Crippen LogP contribution is -2.28. The van der Waals surface area contributed by atoms with Crippen LogP contribution in [-0.4, -0.2) is 17.7 Å². The van der Waals surface area contributed by atoms with Crippen molar-refractivity contribution in [2.45, 2.75) is 35.1 Å². The van der Waals surface area contributed by atoms with Crippen molar-refractivity contribution < 1.29 is 14.3 Å². The molecule has 6 heteroatoms. The Morgan fingerprint density at radius 1 is 1.07 bits per heavy atom. The molecule has 2 heterocycles. The van der Waals surface area contributed by atoms with Crippen molar-refractivity contribution in [3.05, 3.63) is 71.9 Å². The summed E-state index contributed by atoms with van der Waals surface area (Å²) in [5.74, 6) is 1.43. The van der Waals surface area contributed by atoms with E-state index in [2.05, 4.69) is 41.5 Å². The molecule has 1 N–H and O–H groups in total. The second-order valence-corrected chi connectivity index (χ2v) is 8.44. The number of ether oxygens (including phenoxy) is 2. The maximum absolute atomic E-state index is 13.2. The summed E-state index contributed by atoms with van der Waals surface area (Å²) in [5, 5.41) is 3.90. The van der Waals surface area contributed by atoms with Crippen molar-refractivity contribution in [1.29, 1.82) is 0 Å². The summed E-state index contributed by atoms with van der Waals surface area (Å²) in [5.41, 5.74) is 2.40. The van der Waals surface area contributed by atoms with Crippen LogP contribution in [0.2, 0.25) is 0 Å². The number of benzene rings is 2. The minimum absolute atomic E-state index is 0.00452. The summed E-state index contributed by atoms with van der Waals surface area (Å²) in [6.45, 7) is 2.29. The van der Waals surface area contributed by atoms with Gasteiger partial charge in [0.05, 0.1) is 11.1 Å². The van der Waals surface area contributed by atoms with Crippen LogP contribution < -0.4 is 14.8 Å². The molecule has 5 nitrogen and oxygen atoms in total. The highest BCUT2D eigenvalue weighted by Gasteiger charge is 2.51. The minimum atomic E-state index is -0.511. The van der Waals surface area contributed by atoms with E-state index in [4.69, 9.17) is 9.47 Å². The molecule has 146 valence electrons. The number of amides is 1. The Kier molecular flexibility index (Phi) is 4.43. The van der Waals surface area contributed by atoms with Crippen molar-refractivity contribution in [3.8, 4) is 11.5 Å². The molecule has 1 aliphatic heterocycles. The number of anilines is 1. The topological polar surface area (TPSA) is 60.5 Å². The van der Waals surface area contributed by atoms with E-state index in [9.17, 15) is 4.79 Å². The number of hydrogen-bond acceptors (Lipinski definition) is 5. The lowest BCUT2D eigenvalue weighted by Gasteiger charge is -2.17. The first-order valence-corrected chi connectivity index (χ1v) is 10.4. The molecule has 0 saturated heterocycles. The second kappa shape index (κ2) is 7.12. The molecule has 0 atom stereocenters. The zero-order valence-electron chi connectivity index (χ0n) is 16.0. The molecule has 1 saturated carbocycles. The Morgan fingerprint density at radius 2 is 1.86 bits per heavy atom. The highest BCUT2D eigenvalue weighted by molar-refractivity contribution is 7.99. The fourth-order valence-electron chi connectivity index (χ4n) is 3.49. The Labute approximate surface area is 173 Å². The van der Waals surface area contributed by atoms with Crippen LogP contribution in [0.15, 0.2) is 70.7 Å². The van der Waals surface area contributed by atoms with Gasteiger partial charge in [0.25, 0.3) is 0 Å². The average molecular weight is 404 g/mol. The minimum Gasteiger partial charge on any atom is -0.454 e. The SMILES string of the molecule is Cc1ccc(Sc2ncccc2NC(=O)C2(c3ccc4c(c3)OCO4)CC2)cc1. The lowest BCUT2D eigenvalue weighted by molar-refractivity contribution is -0.118. The molecule has 29 heavy (non-hydrogen) atoms. The molecule has 0 bridgehead atoms. The molecular weight excluding hydrogens is 384 g/mol. The number of rotatable bonds is 5. The van der Waals surface area contributed by atoms with Gasteiger partial charge in [0, 0.05) is 11.1 Å². The Hall–Kier alpha value is -2.99. The van der Waals surface area contributed by atoms with Gasteiger partial charge in [0.1, 0.15) is 5.03 Å². The maximum atomic E-state index is 13.2. The Bertz CT molecular complexity index is 1080. The molecule has 0 radical (unpaired) electrons. The second-order valence-electron chi connectivity index (χ2n) is 7.38. The molecule has 2 aromatic carbocycles. The first kappa shape index (κ1) is 18.1. The molecule has 3 aromatic rings. The molecule has 0 unspecified atom stereocenters. The first-order valence-electron chi connectivity index (χ1n) is 9.55. The van der Waals surface area contributed by atoms with Crippen molar-refractivity contribution in [2.75, 3.05) is 12.1 Å². The van der Waals surface area contributed by atoms with Gasteiger partial charge in [0.15, 0.2) is 11.5 Å². The number of aromatic nitrogens is 1. The van der Waals surface area contributed by atoms with Crippen LogP contribution in [0.1, 0.15) is 24.0 Å². The van der Waals surface area contributed by atoms with Gasteiger partial charge in [0.2, 0.25) is 12.7 Å². The maximum Gasteiger partial charge on any atom is 0.235 e. The van der Waals surface area contributed by atoms with Crippen molar-refractivity contribution in [1.82, 2.24) is 4.98 Å². The van der Waals surface area contributed by atoms with Gasteiger partial charge in [-0.3, -0.25) is 4.79 Å². The molecule has 1 aliphatic carbocycles. The molecule has 1 amide bonds. The van der Waals surface area contributed by atoms with Crippen LogP contribution >= 0.6 is 11.8 Å². The highest BCUT2D eigenvalue weighted by Crippen LogP contribution is 2.51. The van der Waals surface area contributed by atoms with Gasteiger partial charge in [-0.15, -0.1) is 0 Å². The summed E-state index contributed by atoms with van der Waals surface area (Å²) in [6.07, 6.45) is 3.38. The van der Waals surface area contributed by atoms with E-state index in [0.29, 0.717) is 5.75 Å². The lowest BCUT2D eigenvalue weighted by atomic mass is 9.94. The average Bonchev–Trinajstić information content (AvgIpc) is 3.42. The van der Waals surface area contributed by atoms with E-state index in [1.807, 2.05) is 30.3 Å². The monoisotopic (exact) mass is 404 g/mol. The first-order chi connectivity index (χ1) is 14.1. The fraction of sp³-hybridized carbons (Fsp3) is 0.217. The predicted octanol–water partition coefficient (Wildman–Crippen LogP) is 4.94. The Morgan fingerprint density at radius 3 is 2.66 bits per heavy atom. The largest absolute Gasteiger partial charge is 0.454 e. The Balaban J connectivity index is 1.38. The van der Waals surface area contributed by atoms with Gasteiger partial charge in [-0.1, -0.05) is 35.5 Å². The van der Waals surface area contributed by atoms with E-state index in [1.54, 1.807) is 18.0 Å². The van der Waals surface area contributed by atoms with Gasteiger partial charge >= 0.3 is 0 Å². The van der Waals surface area contributed by atoms with Crippen LogP contribution in [-0.2, 0) is 10.2 Å². The number of pyridine rings is 1. The van der Waals surface area contributed by atoms with E-state index in [-0.39, 0.29) is 12.7 Å². The van der Waals surface area contributed by atoms with E-state index < -0.39 is 5.41 Å². The van der Waals surface area contributed by atoms with Gasteiger partial charge < -0.3 is 14.8 Å². The van der Waals surface area contributed by atoms with Crippen molar-refractivity contribution in [3.63, 3.8) is 0 Å². The normalized spacial score (nSPS) is 15.8. The molecular formula is C23H20N2O3S. The number of carbonyl (C=O) groups is 1. The van der Waals surface area contributed by atoms with Crippen molar-refractivity contribution >= 4 is 23.4 Å². The zero-order chi connectivity index (χ0) is 19.8. The van der Waals surface area contributed by atoms with Gasteiger partial charge in [-0.25, -0.2) is 4.98 Å². The van der Waals surface area contributed by atoms with Crippen LogP contribution in [0.4, 0.5) is 5.69 Å². The number of aryl methyl sites for hydroxylation is 1. The number of nitrogens with one attached hydrogen (secondary N) is 1. The third-order valence-corrected chi connectivity index (χ3v) is 6.39. The van der Waals surface area contributed by atoms with Gasteiger partial charge in [-0.2, -0.15) is 0 Å². The molecule has 2 aliphatic rings. The summed E-state index contributed by atoms with van der Waals surface area (Å²) in [7, 11) is 0. The van der Waals surface area contributed by atoms with Gasteiger partial charge in [-0.05, 0) is 61.7 Å². The van der Waals surface area contributed by atoms with E-state index >= 15 is 0 Å². The van der Waals surface area contributed by atoms with Crippen molar-refractivity contribution in [2.24, 2.45) is 0 Å².